The molecule has 0 aliphatic rings. The third-order valence-electron chi connectivity index (χ3n) is 3.82. The monoisotopic (exact) mass is 371 g/mol. The molecular formula is C19H19N2O4S-. The van der Waals surface area contributed by atoms with E-state index in [0.29, 0.717) is 11.4 Å². The predicted molar refractivity (Wildman–Crippen MR) is 101 cm³/mol. The fourth-order valence-corrected chi connectivity index (χ4v) is 2.38. The van der Waals surface area contributed by atoms with Gasteiger partial charge >= 0.3 is 0 Å². The maximum atomic E-state index is 12.0. The van der Waals surface area contributed by atoms with E-state index in [9.17, 15) is 14.7 Å². The molecule has 0 heterocycles. The van der Waals surface area contributed by atoms with Crippen LogP contribution in [0.1, 0.15) is 27.0 Å². The maximum Gasteiger partial charge on any atom is 0.264 e. The summed E-state index contributed by atoms with van der Waals surface area (Å²) < 4.78 is 5.44. The van der Waals surface area contributed by atoms with E-state index >= 15 is 0 Å². The van der Waals surface area contributed by atoms with Crippen molar-refractivity contribution in [3.63, 3.8) is 0 Å². The Balaban J connectivity index is 1.91. The van der Waals surface area contributed by atoms with Crippen LogP contribution in [-0.4, -0.2) is 23.6 Å². The zero-order chi connectivity index (χ0) is 19.3. The summed E-state index contributed by atoms with van der Waals surface area (Å²) in [6.07, 6.45) is 0. The van der Waals surface area contributed by atoms with Crippen LogP contribution < -0.4 is 20.5 Å². The minimum atomic E-state index is -1.29. The van der Waals surface area contributed by atoms with E-state index in [-0.39, 0.29) is 17.3 Å². The number of hydrogen-bond acceptors (Lipinski definition) is 5. The average Bonchev–Trinajstić information content (AvgIpc) is 2.57. The first-order valence-electron chi connectivity index (χ1n) is 7.89. The first kappa shape index (κ1) is 19.4. The highest BCUT2D eigenvalue weighted by Gasteiger charge is 2.08. The molecule has 26 heavy (non-hydrogen) atoms. The lowest BCUT2D eigenvalue weighted by atomic mass is 10.1. The fourth-order valence-electron chi connectivity index (χ4n) is 2.15. The number of aromatic carboxylic acids is 1. The largest absolute Gasteiger partial charge is 0.545 e. The SMILES string of the molecule is Cc1ccc(OCC(=O)NC(=S)Nc2cc(C(=O)[O-])ccc2C)cc1C. The number of rotatable bonds is 5. The van der Waals surface area contributed by atoms with E-state index in [0.717, 1.165) is 16.7 Å². The molecule has 1 amide bonds. The van der Waals surface area contributed by atoms with Gasteiger partial charge in [0.25, 0.3) is 5.91 Å². The van der Waals surface area contributed by atoms with E-state index < -0.39 is 11.9 Å². The molecule has 0 aliphatic carbocycles. The summed E-state index contributed by atoms with van der Waals surface area (Å²) in [5.41, 5.74) is 3.49. The van der Waals surface area contributed by atoms with Crippen LogP contribution >= 0.6 is 12.2 Å². The van der Waals surface area contributed by atoms with Gasteiger partial charge in [0.2, 0.25) is 0 Å². The van der Waals surface area contributed by atoms with Crippen molar-refractivity contribution < 1.29 is 19.4 Å². The molecule has 2 rings (SSSR count). The number of benzene rings is 2. The Morgan fingerprint density at radius 3 is 2.38 bits per heavy atom. The van der Waals surface area contributed by atoms with Crippen molar-refractivity contribution in [1.82, 2.24) is 5.32 Å². The molecule has 7 heteroatoms. The van der Waals surface area contributed by atoms with Crippen LogP contribution in [0.15, 0.2) is 36.4 Å². The maximum absolute atomic E-state index is 12.0. The van der Waals surface area contributed by atoms with Crippen molar-refractivity contribution in [2.45, 2.75) is 20.8 Å². The number of aryl methyl sites for hydroxylation is 3. The number of carboxylic acids is 1. The van der Waals surface area contributed by atoms with E-state index in [1.54, 1.807) is 19.1 Å². The Hall–Kier alpha value is -2.93. The van der Waals surface area contributed by atoms with Gasteiger partial charge in [-0.15, -0.1) is 0 Å². The quantitative estimate of drug-likeness (QED) is 0.780. The van der Waals surface area contributed by atoms with E-state index in [1.807, 2.05) is 26.0 Å². The highest BCUT2D eigenvalue weighted by Crippen LogP contribution is 2.17. The van der Waals surface area contributed by atoms with Gasteiger partial charge in [-0.2, -0.15) is 0 Å². The highest BCUT2D eigenvalue weighted by molar-refractivity contribution is 7.80. The van der Waals surface area contributed by atoms with Crippen LogP contribution in [0.5, 0.6) is 5.75 Å². The van der Waals surface area contributed by atoms with E-state index in [2.05, 4.69) is 10.6 Å². The van der Waals surface area contributed by atoms with Gasteiger partial charge in [-0.1, -0.05) is 18.2 Å². The lowest BCUT2D eigenvalue weighted by Crippen LogP contribution is -2.37. The van der Waals surface area contributed by atoms with Gasteiger partial charge < -0.3 is 20.0 Å². The Labute approximate surface area is 157 Å². The summed E-state index contributed by atoms with van der Waals surface area (Å²) in [4.78, 5) is 22.9. The second kappa shape index (κ2) is 8.44. The number of anilines is 1. The third-order valence-corrected chi connectivity index (χ3v) is 4.03. The molecule has 2 aromatic rings. The van der Waals surface area contributed by atoms with Gasteiger partial charge in [-0.25, -0.2) is 0 Å². The average molecular weight is 371 g/mol. The predicted octanol–water partition coefficient (Wildman–Crippen LogP) is 1.87. The summed E-state index contributed by atoms with van der Waals surface area (Å²) in [5.74, 6) is -1.11. The molecule has 0 saturated carbocycles. The van der Waals surface area contributed by atoms with Gasteiger partial charge in [0.1, 0.15) is 5.75 Å². The first-order valence-corrected chi connectivity index (χ1v) is 8.30. The first-order chi connectivity index (χ1) is 12.3. The molecule has 0 spiro atoms. The summed E-state index contributed by atoms with van der Waals surface area (Å²) >= 11 is 5.09. The molecule has 0 saturated heterocycles. The van der Waals surface area contributed by atoms with Crippen molar-refractivity contribution in [3.8, 4) is 5.75 Å². The normalized spacial score (nSPS) is 10.1. The third kappa shape index (κ3) is 5.29. The summed E-state index contributed by atoms with van der Waals surface area (Å²) in [6, 6.07) is 10.0. The number of nitrogens with one attached hydrogen (secondary N) is 2. The van der Waals surface area contributed by atoms with Crippen LogP contribution in [0.3, 0.4) is 0 Å². The minimum Gasteiger partial charge on any atom is -0.545 e. The molecule has 2 N–H and O–H groups in total. The zero-order valence-corrected chi connectivity index (χ0v) is 15.5. The molecule has 0 fully saturated rings. The molecule has 0 aromatic heterocycles. The number of hydrogen-bond donors (Lipinski definition) is 2. The van der Waals surface area contributed by atoms with Crippen LogP contribution in [-0.2, 0) is 4.79 Å². The molecule has 0 aliphatic heterocycles. The Kier molecular flexibility index (Phi) is 6.30. The van der Waals surface area contributed by atoms with Crippen LogP contribution in [0, 0.1) is 20.8 Å². The Bertz CT molecular complexity index is 865. The van der Waals surface area contributed by atoms with Crippen LogP contribution in [0.25, 0.3) is 0 Å². The Morgan fingerprint density at radius 2 is 1.73 bits per heavy atom. The molecule has 0 bridgehead atoms. The van der Waals surface area contributed by atoms with E-state index in [4.69, 9.17) is 17.0 Å². The highest BCUT2D eigenvalue weighted by atomic mass is 32.1. The van der Waals surface area contributed by atoms with Crippen molar-refractivity contribution in [1.29, 1.82) is 0 Å². The van der Waals surface area contributed by atoms with Gasteiger partial charge in [-0.05, 0) is 73.4 Å². The number of ether oxygens (including phenoxy) is 1. The van der Waals surface area contributed by atoms with Crippen molar-refractivity contribution in [3.05, 3.63) is 58.7 Å². The molecule has 0 radical (unpaired) electrons. The van der Waals surface area contributed by atoms with E-state index in [1.165, 1.54) is 12.1 Å². The Morgan fingerprint density at radius 1 is 1.04 bits per heavy atom. The standard InChI is InChI=1S/C19H20N2O4S/c1-11-5-7-15(8-13(11)3)25-10-17(22)21-19(26)20-16-9-14(18(23)24)6-4-12(16)2/h4-9H,10H2,1-3H3,(H,23,24)(H2,20,21,22,26)/p-1. The van der Waals surface area contributed by atoms with Crippen molar-refractivity contribution in [2.75, 3.05) is 11.9 Å². The number of carboxylic acid groups (broad SMARTS) is 1. The number of amides is 1. The lowest BCUT2D eigenvalue weighted by Gasteiger charge is -2.14. The summed E-state index contributed by atoms with van der Waals surface area (Å²) in [5, 5.41) is 16.3. The van der Waals surface area contributed by atoms with Gasteiger partial charge in [0.05, 0.1) is 5.97 Å². The zero-order valence-electron chi connectivity index (χ0n) is 14.7. The molecule has 6 nitrogen and oxygen atoms in total. The van der Waals surface area contributed by atoms with Gasteiger partial charge in [0.15, 0.2) is 11.7 Å². The second-order valence-electron chi connectivity index (χ2n) is 5.85. The summed E-state index contributed by atoms with van der Waals surface area (Å²) in [6.45, 7) is 5.55. The molecular weight excluding hydrogens is 352 g/mol. The van der Waals surface area contributed by atoms with Crippen LogP contribution in [0.4, 0.5) is 5.69 Å². The number of carbonyl (C=O) groups is 2. The second-order valence-corrected chi connectivity index (χ2v) is 6.26. The van der Waals surface area contributed by atoms with Gasteiger partial charge in [0, 0.05) is 5.69 Å². The lowest BCUT2D eigenvalue weighted by molar-refractivity contribution is -0.255. The minimum absolute atomic E-state index is 0.0188. The molecule has 2 aromatic carbocycles. The molecule has 136 valence electrons. The smallest absolute Gasteiger partial charge is 0.264 e. The summed E-state index contributed by atoms with van der Waals surface area (Å²) in [7, 11) is 0. The number of carbonyl (C=O) groups excluding carboxylic acids is 2. The van der Waals surface area contributed by atoms with Crippen molar-refractivity contribution >= 4 is 34.9 Å². The van der Waals surface area contributed by atoms with Crippen LogP contribution in [0.2, 0.25) is 0 Å². The molecule has 0 unspecified atom stereocenters. The fraction of sp³-hybridized carbons (Fsp3) is 0.211. The number of thiocarbonyl (C=S) groups is 1. The molecule has 0 atom stereocenters. The topological polar surface area (TPSA) is 90.5 Å². The van der Waals surface area contributed by atoms with Crippen molar-refractivity contribution in [2.24, 2.45) is 0 Å². The van der Waals surface area contributed by atoms with Gasteiger partial charge in [-0.3, -0.25) is 10.1 Å².